The molecule has 0 bridgehead atoms. The van der Waals surface area contributed by atoms with E-state index in [0.29, 0.717) is 10.7 Å². The maximum atomic E-state index is 12.1. The van der Waals surface area contributed by atoms with Crippen molar-refractivity contribution in [3.8, 4) is 0 Å². The van der Waals surface area contributed by atoms with Gasteiger partial charge in [0.25, 0.3) is 0 Å². The van der Waals surface area contributed by atoms with Crippen LogP contribution in [0.4, 0.5) is 5.69 Å². The second-order valence-corrected chi connectivity index (χ2v) is 6.08. The lowest BCUT2D eigenvalue weighted by molar-refractivity contribution is 0.603. The fourth-order valence-electron chi connectivity index (χ4n) is 1.63. The summed E-state index contributed by atoms with van der Waals surface area (Å²) in [4.78, 5) is 0.138. The van der Waals surface area contributed by atoms with Crippen LogP contribution in [0.15, 0.2) is 53.4 Å². The van der Waals surface area contributed by atoms with E-state index in [1.807, 2.05) is 13.0 Å². The van der Waals surface area contributed by atoms with Gasteiger partial charge in [0.1, 0.15) is 10.0 Å². The molecule has 2 rings (SSSR count). The topological polar surface area (TPSA) is 48.2 Å². The highest BCUT2D eigenvalue weighted by Gasteiger charge is 2.04. The highest BCUT2D eigenvalue weighted by Crippen LogP contribution is 2.28. The number of nitrogens with zero attached hydrogens (tertiary/aromatic N) is 1. The molecule has 100 valence electrons. The minimum absolute atomic E-state index is 0.138. The smallest absolute Gasteiger partial charge is 0.123 e. The Hall–Kier alpha value is -1.52. The van der Waals surface area contributed by atoms with Gasteiger partial charge < -0.3 is 4.72 Å². The molecule has 2 aromatic rings. The molecule has 0 heterocycles. The van der Waals surface area contributed by atoms with Gasteiger partial charge in [0.15, 0.2) is 0 Å². The van der Waals surface area contributed by atoms with Gasteiger partial charge in [-0.2, -0.15) is 0 Å². The maximum absolute atomic E-state index is 12.1. The van der Waals surface area contributed by atoms with Crippen molar-refractivity contribution in [3.63, 3.8) is 0 Å². The molecule has 0 aliphatic rings. The molecule has 3 nitrogen and oxygen atoms in total. The van der Waals surface area contributed by atoms with Crippen LogP contribution in [-0.4, -0.2) is 8.42 Å². The maximum Gasteiger partial charge on any atom is 0.123 e. The van der Waals surface area contributed by atoms with E-state index in [-0.39, 0.29) is 4.90 Å². The van der Waals surface area contributed by atoms with Crippen molar-refractivity contribution in [2.45, 2.75) is 18.2 Å². The quantitative estimate of drug-likeness (QED) is 0.844. The van der Waals surface area contributed by atoms with Gasteiger partial charge >= 0.3 is 0 Å². The highest BCUT2D eigenvalue weighted by molar-refractivity contribution is 7.94. The van der Waals surface area contributed by atoms with Gasteiger partial charge in [0, 0.05) is 5.02 Å². The van der Waals surface area contributed by atoms with Gasteiger partial charge in [-0.3, -0.25) is 0 Å². The van der Waals surface area contributed by atoms with Crippen LogP contribution in [0.2, 0.25) is 5.02 Å². The molecule has 0 atom stereocenters. The van der Waals surface area contributed by atoms with Crippen molar-refractivity contribution in [2.75, 3.05) is 0 Å². The summed E-state index contributed by atoms with van der Waals surface area (Å²) in [6.07, 6.45) is 0.838. The summed E-state index contributed by atoms with van der Waals surface area (Å²) in [5, 5.41) is 0.493. The Morgan fingerprint density at radius 2 is 1.79 bits per heavy atom. The first-order valence-corrected chi connectivity index (χ1v) is 7.65. The largest absolute Gasteiger partial charge is 0.573 e. The molecule has 0 aromatic heterocycles. The number of hydrogen-bond acceptors (Lipinski definition) is 2. The zero-order chi connectivity index (χ0) is 13.9. The predicted molar refractivity (Wildman–Crippen MR) is 77.5 cm³/mol. The van der Waals surface area contributed by atoms with Crippen LogP contribution in [0.1, 0.15) is 12.5 Å². The molecule has 0 amide bonds. The number of rotatable bonds is 4. The molecular weight excluding hydrogens is 282 g/mol. The fraction of sp³-hybridized carbons (Fsp3) is 0.143. The van der Waals surface area contributed by atoms with Gasteiger partial charge in [0.2, 0.25) is 0 Å². The molecule has 0 unspecified atom stereocenters. The van der Waals surface area contributed by atoms with Crippen LogP contribution >= 0.6 is 11.6 Å². The van der Waals surface area contributed by atoms with Crippen molar-refractivity contribution in [1.82, 2.24) is 0 Å². The molecule has 0 fully saturated rings. The van der Waals surface area contributed by atoms with Gasteiger partial charge in [-0.05, 0) is 36.2 Å². The van der Waals surface area contributed by atoms with Crippen LogP contribution in [0, 0.1) is 0 Å². The number of sulfonamides is 1. The molecule has 5 heteroatoms. The average molecular weight is 295 g/mol. The van der Waals surface area contributed by atoms with Crippen LogP contribution in [0.3, 0.4) is 0 Å². The Morgan fingerprint density at radius 1 is 1.11 bits per heavy atom. The Morgan fingerprint density at radius 3 is 2.42 bits per heavy atom. The van der Waals surface area contributed by atoms with Crippen molar-refractivity contribution >= 4 is 27.3 Å². The molecule has 0 aliphatic heterocycles. The van der Waals surface area contributed by atoms with Gasteiger partial charge in [-0.25, -0.2) is 8.42 Å². The average Bonchev–Trinajstić information content (AvgIpc) is 2.39. The number of benzene rings is 2. The third kappa shape index (κ3) is 3.49. The first-order chi connectivity index (χ1) is 9.01. The summed E-state index contributed by atoms with van der Waals surface area (Å²) < 4.78 is 28.0. The van der Waals surface area contributed by atoms with Crippen molar-refractivity contribution in [1.29, 1.82) is 0 Å². The van der Waals surface area contributed by atoms with Crippen molar-refractivity contribution < 1.29 is 8.42 Å². The lowest BCUT2D eigenvalue weighted by Gasteiger charge is -2.22. The van der Waals surface area contributed by atoms with Gasteiger partial charge in [-0.1, -0.05) is 42.8 Å². The van der Waals surface area contributed by atoms with Gasteiger partial charge in [-0.15, -0.1) is 5.69 Å². The molecule has 0 aliphatic carbocycles. The van der Waals surface area contributed by atoms with E-state index in [0.717, 1.165) is 12.0 Å². The minimum atomic E-state index is -3.69. The molecule has 0 N–H and O–H groups in total. The van der Waals surface area contributed by atoms with E-state index in [4.69, 9.17) is 11.6 Å². The zero-order valence-electron chi connectivity index (χ0n) is 10.4. The first kappa shape index (κ1) is 13.9. The van der Waals surface area contributed by atoms with E-state index in [1.54, 1.807) is 18.2 Å². The SMILES string of the molecule is CCc1cccc([N-]S(=O)(=O)c2ccc(Cl)cc2)c1. The molecule has 2 aromatic carbocycles. The lowest BCUT2D eigenvalue weighted by atomic mass is 10.1. The van der Waals surface area contributed by atoms with Crippen molar-refractivity contribution in [3.05, 3.63) is 63.8 Å². The van der Waals surface area contributed by atoms with Crippen LogP contribution < -0.4 is 0 Å². The molecule has 0 spiro atoms. The second kappa shape index (κ2) is 5.63. The summed E-state index contributed by atoms with van der Waals surface area (Å²) >= 11 is 5.74. The van der Waals surface area contributed by atoms with Crippen LogP contribution in [0.5, 0.6) is 0 Å². The summed E-state index contributed by atoms with van der Waals surface area (Å²) in [7, 11) is -3.69. The predicted octanol–water partition coefficient (Wildman–Crippen LogP) is 4.30. The summed E-state index contributed by atoms with van der Waals surface area (Å²) in [5.74, 6) is 0. The number of halogens is 1. The van der Waals surface area contributed by atoms with E-state index in [1.165, 1.54) is 24.3 Å². The zero-order valence-corrected chi connectivity index (χ0v) is 11.9. The Labute approximate surface area is 118 Å². The third-order valence-corrected chi connectivity index (χ3v) is 4.23. The molecule has 0 saturated carbocycles. The fourth-order valence-corrected chi connectivity index (χ4v) is 2.73. The monoisotopic (exact) mass is 294 g/mol. The summed E-state index contributed by atoms with van der Waals surface area (Å²) in [6, 6.07) is 13.2. The minimum Gasteiger partial charge on any atom is -0.573 e. The molecule has 0 radical (unpaired) electrons. The van der Waals surface area contributed by atoms with Crippen LogP contribution in [0.25, 0.3) is 4.72 Å². The Balaban J connectivity index is 2.28. The first-order valence-electron chi connectivity index (χ1n) is 5.84. The molecule has 0 saturated heterocycles. The van der Waals surface area contributed by atoms with E-state index < -0.39 is 10.0 Å². The van der Waals surface area contributed by atoms with Crippen molar-refractivity contribution in [2.24, 2.45) is 0 Å². The molecule has 19 heavy (non-hydrogen) atoms. The number of aryl methyl sites for hydroxylation is 1. The summed E-state index contributed by atoms with van der Waals surface area (Å²) in [6.45, 7) is 2.01. The number of hydrogen-bond donors (Lipinski definition) is 0. The van der Waals surface area contributed by atoms with Crippen LogP contribution in [-0.2, 0) is 16.4 Å². The normalized spacial score (nSPS) is 11.3. The Kier molecular flexibility index (Phi) is 4.12. The highest BCUT2D eigenvalue weighted by atomic mass is 35.5. The van der Waals surface area contributed by atoms with Gasteiger partial charge in [0.05, 0.1) is 4.90 Å². The summed E-state index contributed by atoms with van der Waals surface area (Å²) in [5.41, 5.74) is 1.49. The second-order valence-electron chi connectivity index (χ2n) is 4.04. The third-order valence-electron chi connectivity index (χ3n) is 2.66. The van der Waals surface area contributed by atoms with E-state index in [2.05, 4.69) is 4.72 Å². The van der Waals surface area contributed by atoms with E-state index >= 15 is 0 Å². The molecular formula is C14H13ClNO2S-. The lowest BCUT2D eigenvalue weighted by Crippen LogP contribution is -1.97. The standard InChI is InChI=1S/C14H13ClNO2S/c1-2-11-4-3-5-13(10-11)16-19(17,18)14-8-6-12(15)7-9-14/h3-10H,2H2,1H3/q-1. The van der Waals surface area contributed by atoms with E-state index in [9.17, 15) is 8.42 Å². The Bertz CT molecular complexity index is 666.